The molecule has 0 aliphatic carbocycles. The van der Waals surface area contributed by atoms with E-state index in [1.807, 2.05) is 19.1 Å². The van der Waals surface area contributed by atoms with Gasteiger partial charge in [-0.2, -0.15) is 5.10 Å². The van der Waals surface area contributed by atoms with Crippen molar-refractivity contribution in [3.8, 4) is 0 Å². The van der Waals surface area contributed by atoms with Crippen LogP contribution in [0.3, 0.4) is 0 Å². The number of sulfone groups is 1. The van der Waals surface area contributed by atoms with Gasteiger partial charge in [-0.05, 0) is 48.4 Å². The van der Waals surface area contributed by atoms with E-state index in [4.69, 9.17) is 0 Å². The molecule has 29 heavy (non-hydrogen) atoms. The molecule has 1 amide bonds. The van der Waals surface area contributed by atoms with Crippen molar-refractivity contribution in [3.05, 3.63) is 53.1 Å². The topological polar surface area (TPSA) is 125 Å². The molecule has 0 saturated carbocycles. The van der Waals surface area contributed by atoms with E-state index in [9.17, 15) is 13.2 Å². The quantitative estimate of drug-likeness (QED) is 0.662. The van der Waals surface area contributed by atoms with Crippen LogP contribution in [0.2, 0.25) is 0 Å². The number of rotatable bonds is 5. The van der Waals surface area contributed by atoms with E-state index >= 15 is 0 Å². The molecular formula is C18H21N7O3S. The fourth-order valence-electron chi connectivity index (χ4n) is 3.55. The number of amides is 1. The fourth-order valence-corrected chi connectivity index (χ4v) is 5.25. The van der Waals surface area contributed by atoms with Gasteiger partial charge in [-0.15, -0.1) is 5.10 Å². The van der Waals surface area contributed by atoms with E-state index in [0.29, 0.717) is 29.9 Å². The number of hydrogen-bond acceptors (Lipinski definition) is 7. The second-order valence-electron chi connectivity index (χ2n) is 7.21. The molecule has 1 aromatic carbocycles. The molecule has 3 aromatic rings. The Balaban J connectivity index is 1.48. The fraction of sp³-hybridized carbons (Fsp3) is 0.389. The number of carbonyl (C=O) groups excluding carboxylic acids is 1. The summed E-state index contributed by atoms with van der Waals surface area (Å²) in [7, 11) is -3.02. The molecule has 0 spiro atoms. The van der Waals surface area contributed by atoms with Crippen molar-refractivity contribution in [1.82, 2.24) is 30.0 Å². The summed E-state index contributed by atoms with van der Waals surface area (Å²) >= 11 is 0. The van der Waals surface area contributed by atoms with Gasteiger partial charge >= 0.3 is 0 Å². The lowest BCUT2D eigenvalue weighted by Crippen LogP contribution is -2.15. The Bertz CT molecular complexity index is 1140. The van der Waals surface area contributed by atoms with Crippen molar-refractivity contribution < 1.29 is 13.2 Å². The molecule has 1 N–H and O–H groups in total. The number of nitrogens with one attached hydrogen (secondary N) is 1. The van der Waals surface area contributed by atoms with Gasteiger partial charge in [0.05, 0.1) is 41.2 Å². The predicted molar refractivity (Wildman–Crippen MR) is 105 cm³/mol. The first-order valence-electron chi connectivity index (χ1n) is 9.19. The average molecular weight is 415 g/mol. The first-order chi connectivity index (χ1) is 13.8. The summed E-state index contributed by atoms with van der Waals surface area (Å²) in [6.07, 6.45) is 2.07. The summed E-state index contributed by atoms with van der Waals surface area (Å²) in [6.45, 7) is 4.16. The van der Waals surface area contributed by atoms with E-state index in [1.54, 1.807) is 28.4 Å². The number of hydrogen-bond donors (Lipinski definition) is 1. The van der Waals surface area contributed by atoms with E-state index in [0.717, 1.165) is 11.3 Å². The molecule has 11 heteroatoms. The molecule has 0 radical (unpaired) electrons. The van der Waals surface area contributed by atoms with Crippen LogP contribution in [0.1, 0.15) is 39.8 Å². The number of aryl methyl sites for hydroxylation is 1. The Hall–Kier alpha value is -3.08. The summed E-state index contributed by atoms with van der Waals surface area (Å²) in [4.78, 5) is 12.7. The average Bonchev–Trinajstić information content (AvgIpc) is 3.38. The van der Waals surface area contributed by atoms with E-state index in [-0.39, 0.29) is 23.5 Å². The third kappa shape index (κ3) is 4.04. The molecule has 1 unspecified atom stereocenters. The maximum Gasteiger partial charge on any atom is 0.255 e. The minimum absolute atomic E-state index is 0.0884. The van der Waals surface area contributed by atoms with Crippen molar-refractivity contribution in [2.24, 2.45) is 0 Å². The summed E-state index contributed by atoms with van der Waals surface area (Å²) in [5, 5.41) is 18.4. The molecule has 2 aromatic heterocycles. The van der Waals surface area contributed by atoms with Gasteiger partial charge in [-0.3, -0.25) is 9.48 Å². The highest BCUT2D eigenvalue weighted by molar-refractivity contribution is 7.91. The number of tetrazole rings is 1. The van der Waals surface area contributed by atoms with E-state index in [1.165, 1.54) is 6.33 Å². The second-order valence-corrected chi connectivity index (χ2v) is 9.43. The van der Waals surface area contributed by atoms with Gasteiger partial charge in [0.2, 0.25) is 0 Å². The molecule has 10 nitrogen and oxygen atoms in total. The number of anilines is 1. The lowest BCUT2D eigenvalue weighted by molar-refractivity contribution is 0.102. The highest BCUT2D eigenvalue weighted by Gasteiger charge is 2.31. The maximum absolute atomic E-state index is 12.7. The first kappa shape index (κ1) is 19.2. The number of carbonyl (C=O) groups is 1. The van der Waals surface area contributed by atoms with Crippen LogP contribution >= 0.6 is 0 Å². The summed E-state index contributed by atoms with van der Waals surface area (Å²) in [5.74, 6) is 0.0172. The normalized spacial score (nSPS) is 18.1. The van der Waals surface area contributed by atoms with Gasteiger partial charge in [0, 0.05) is 5.56 Å². The lowest BCUT2D eigenvalue weighted by atomic mass is 10.1. The van der Waals surface area contributed by atoms with Gasteiger partial charge < -0.3 is 5.32 Å². The molecule has 1 saturated heterocycles. The lowest BCUT2D eigenvalue weighted by Gasteiger charge is -2.12. The van der Waals surface area contributed by atoms with Gasteiger partial charge in [-0.1, -0.05) is 12.1 Å². The third-order valence-corrected chi connectivity index (χ3v) is 6.82. The summed E-state index contributed by atoms with van der Waals surface area (Å²) in [6, 6.07) is 7.00. The summed E-state index contributed by atoms with van der Waals surface area (Å²) < 4.78 is 26.9. The van der Waals surface area contributed by atoms with Crippen LogP contribution in [0.25, 0.3) is 0 Å². The minimum Gasteiger partial charge on any atom is -0.319 e. The maximum atomic E-state index is 12.7. The predicted octanol–water partition coefficient (Wildman–Crippen LogP) is 1.15. The smallest absolute Gasteiger partial charge is 0.255 e. The van der Waals surface area contributed by atoms with E-state index in [2.05, 4.69) is 25.9 Å². The highest BCUT2D eigenvalue weighted by Crippen LogP contribution is 2.29. The molecule has 1 aliphatic rings. The molecule has 3 heterocycles. The number of aromatic nitrogens is 6. The third-order valence-electron chi connectivity index (χ3n) is 5.07. The SMILES string of the molecule is Cc1nn(C2CCS(=O)(=O)C2)c(C)c1NC(=O)c1ccc(Cn2cnnn2)cc1. The standard InChI is InChI=1S/C18H21N7O3S/c1-12-17(13(2)25(21-12)16-7-8-29(27,28)10-16)20-18(26)15-5-3-14(4-6-15)9-24-11-19-22-23-24/h3-6,11,16H,7-10H2,1-2H3,(H,20,26). The van der Waals surface area contributed by atoms with E-state index < -0.39 is 9.84 Å². The van der Waals surface area contributed by atoms with Crippen molar-refractivity contribution in [2.45, 2.75) is 32.9 Å². The van der Waals surface area contributed by atoms with Crippen LogP contribution in [-0.4, -0.2) is 55.8 Å². The Kier molecular flexibility index (Phi) is 4.91. The Morgan fingerprint density at radius 3 is 2.62 bits per heavy atom. The number of nitrogens with zero attached hydrogens (tertiary/aromatic N) is 6. The van der Waals surface area contributed by atoms with Crippen LogP contribution in [0.4, 0.5) is 5.69 Å². The molecule has 0 bridgehead atoms. The molecular weight excluding hydrogens is 394 g/mol. The monoisotopic (exact) mass is 415 g/mol. The molecule has 152 valence electrons. The van der Waals surface area contributed by atoms with Crippen molar-refractivity contribution in [3.63, 3.8) is 0 Å². The zero-order valence-electron chi connectivity index (χ0n) is 16.1. The molecule has 1 atom stereocenters. The van der Waals surface area contributed by atoms with Crippen LogP contribution in [0.15, 0.2) is 30.6 Å². The van der Waals surface area contributed by atoms with Crippen molar-refractivity contribution in [1.29, 1.82) is 0 Å². The van der Waals surface area contributed by atoms with Crippen LogP contribution in [-0.2, 0) is 16.4 Å². The molecule has 4 rings (SSSR count). The Morgan fingerprint density at radius 2 is 2.00 bits per heavy atom. The second kappa shape index (κ2) is 7.39. The van der Waals surface area contributed by atoms with Crippen LogP contribution < -0.4 is 5.32 Å². The zero-order chi connectivity index (χ0) is 20.6. The Labute approximate surface area is 167 Å². The molecule has 1 fully saturated rings. The zero-order valence-corrected chi connectivity index (χ0v) is 16.9. The van der Waals surface area contributed by atoms with Crippen molar-refractivity contribution in [2.75, 3.05) is 16.8 Å². The summed E-state index contributed by atoms with van der Waals surface area (Å²) in [5.41, 5.74) is 3.53. The highest BCUT2D eigenvalue weighted by atomic mass is 32.2. The molecule has 1 aliphatic heterocycles. The first-order valence-corrected chi connectivity index (χ1v) is 11.0. The van der Waals surface area contributed by atoms with Crippen LogP contribution in [0.5, 0.6) is 0 Å². The van der Waals surface area contributed by atoms with Crippen LogP contribution in [0, 0.1) is 13.8 Å². The van der Waals surface area contributed by atoms with Crippen molar-refractivity contribution >= 4 is 21.4 Å². The van der Waals surface area contributed by atoms with Gasteiger partial charge in [0.25, 0.3) is 5.91 Å². The Morgan fingerprint density at radius 1 is 1.24 bits per heavy atom. The largest absolute Gasteiger partial charge is 0.319 e. The minimum atomic E-state index is -3.02. The van der Waals surface area contributed by atoms with Gasteiger partial charge in [0.1, 0.15) is 6.33 Å². The number of benzene rings is 1. The van der Waals surface area contributed by atoms with Gasteiger partial charge in [0.15, 0.2) is 9.84 Å². The van der Waals surface area contributed by atoms with Gasteiger partial charge in [-0.25, -0.2) is 13.1 Å².